The SMILES string of the molecule is CN[C@H]1COC[C@@H]1OCc1ccccc1. The summed E-state index contributed by atoms with van der Waals surface area (Å²) in [6.45, 7) is 2.10. The maximum Gasteiger partial charge on any atom is 0.0987 e. The van der Waals surface area contributed by atoms with Crippen LogP contribution in [0.25, 0.3) is 0 Å². The van der Waals surface area contributed by atoms with Gasteiger partial charge in [0.2, 0.25) is 0 Å². The Bertz CT molecular complexity index is 289. The van der Waals surface area contributed by atoms with E-state index in [1.165, 1.54) is 5.56 Å². The molecule has 0 spiro atoms. The minimum absolute atomic E-state index is 0.176. The Morgan fingerprint density at radius 2 is 2.13 bits per heavy atom. The van der Waals surface area contributed by atoms with Gasteiger partial charge in [-0.2, -0.15) is 0 Å². The van der Waals surface area contributed by atoms with Crippen molar-refractivity contribution in [2.24, 2.45) is 0 Å². The van der Waals surface area contributed by atoms with E-state index >= 15 is 0 Å². The quantitative estimate of drug-likeness (QED) is 0.804. The third-order valence-corrected chi connectivity index (χ3v) is 2.71. The lowest BCUT2D eigenvalue weighted by atomic mass is 10.2. The van der Waals surface area contributed by atoms with Crippen molar-refractivity contribution < 1.29 is 9.47 Å². The summed E-state index contributed by atoms with van der Waals surface area (Å²) >= 11 is 0. The average Bonchev–Trinajstić information content (AvgIpc) is 2.75. The minimum Gasteiger partial charge on any atom is -0.377 e. The number of hydrogen-bond donors (Lipinski definition) is 1. The first-order chi connectivity index (χ1) is 7.40. The Kier molecular flexibility index (Phi) is 3.72. The average molecular weight is 207 g/mol. The Morgan fingerprint density at radius 1 is 1.33 bits per heavy atom. The first kappa shape index (κ1) is 10.6. The van der Waals surface area contributed by atoms with Crippen LogP contribution in [-0.4, -0.2) is 32.4 Å². The monoisotopic (exact) mass is 207 g/mol. The maximum absolute atomic E-state index is 5.80. The molecule has 2 atom stereocenters. The molecule has 0 aromatic heterocycles. The molecule has 3 heteroatoms. The van der Waals surface area contributed by atoms with Gasteiger partial charge in [0.05, 0.1) is 32.0 Å². The van der Waals surface area contributed by atoms with Gasteiger partial charge in [-0.05, 0) is 12.6 Å². The number of ether oxygens (including phenoxy) is 2. The van der Waals surface area contributed by atoms with Crippen LogP contribution in [0.4, 0.5) is 0 Å². The van der Waals surface area contributed by atoms with Crippen molar-refractivity contribution in [2.75, 3.05) is 20.3 Å². The van der Waals surface area contributed by atoms with Crippen molar-refractivity contribution in [1.82, 2.24) is 5.32 Å². The van der Waals surface area contributed by atoms with Crippen molar-refractivity contribution >= 4 is 0 Å². The van der Waals surface area contributed by atoms with Gasteiger partial charge in [0.15, 0.2) is 0 Å². The zero-order chi connectivity index (χ0) is 10.5. The van der Waals surface area contributed by atoms with Crippen molar-refractivity contribution in [1.29, 1.82) is 0 Å². The van der Waals surface area contributed by atoms with Crippen LogP contribution in [0, 0.1) is 0 Å². The first-order valence-electron chi connectivity index (χ1n) is 5.30. The molecule has 1 aromatic rings. The molecular formula is C12H17NO2. The van der Waals surface area contributed by atoms with E-state index < -0.39 is 0 Å². The summed E-state index contributed by atoms with van der Waals surface area (Å²) in [5.41, 5.74) is 1.21. The number of nitrogens with one attached hydrogen (secondary N) is 1. The lowest BCUT2D eigenvalue weighted by molar-refractivity contribution is 0.0230. The molecule has 2 rings (SSSR count). The second-order valence-electron chi connectivity index (χ2n) is 3.77. The third kappa shape index (κ3) is 2.78. The summed E-state index contributed by atoms with van der Waals surface area (Å²) in [5, 5.41) is 3.20. The summed E-state index contributed by atoms with van der Waals surface area (Å²) in [4.78, 5) is 0. The molecule has 0 saturated carbocycles. The van der Waals surface area contributed by atoms with E-state index in [0.29, 0.717) is 19.3 Å². The molecule has 1 N–H and O–H groups in total. The Balaban J connectivity index is 1.83. The minimum atomic E-state index is 0.176. The molecule has 1 heterocycles. The zero-order valence-electron chi connectivity index (χ0n) is 8.98. The predicted octanol–water partition coefficient (Wildman–Crippen LogP) is 1.19. The van der Waals surface area contributed by atoms with Crippen LogP contribution in [0.15, 0.2) is 30.3 Å². The highest BCUT2D eigenvalue weighted by Gasteiger charge is 2.27. The molecule has 15 heavy (non-hydrogen) atoms. The molecule has 1 saturated heterocycles. The number of likely N-dealkylation sites (N-methyl/N-ethyl adjacent to an activating group) is 1. The van der Waals surface area contributed by atoms with Gasteiger partial charge in [-0.15, -0.1) is 0 Å². The fourth-order valence-corrected chi connectivity index (χ4v) is 1.75. The molecule has 1 aliphatic rings. The molecule has 1 aliphatic heterocycles. The van der Waals surface area contributed by atoms with Crippen molar-refractivity contribution in [3.05, 3.63) is 35.9 Å². The number of rotatable bonds is 4. The molecule has 0 unspecified atom stereocenters. The molecule has 3 nitrogen and oxygen atoms in total. The third-order valence-electron chi connectivity index (χ3n) is 2.71. The van der Waals surface area contributed by atoms with E-state index in [1.807, 2.05) is 25.2 Å². The second kappa shape index (κ2) is 5.26. The highest BCUT2D eigenvalue weighted by molar-refractivity contribution is 5.13. The van der Waals surface area contributed by atoms with Gasteiger partial charge in [-0.1, -0.05) is 30.3 Å². The van der Waals surface area contributed by atoms with Crippen molar-refractivity contribution in [2.45, 2.75) is 18.8 Å². The molecule has 82 valence electrons. The zero-order valence-corrected chi connectivity index (χ0v) is 8.98. The van der Waals surface area contributed by atoms with Crippen LogP contribution in [-0.2, 0) is 16.1 Å². The summed E-state index contributed by atoms with van der Waals surface area (Å²) in [6, 6.07) is 10.5. The number of hydrogen-bond acceptors (Lipinski definition) is 3. The smallest absolute Gasteiger partial charge is 0.0987 e. The largest absolute Gasteiger partial charge is 0.377 e. The van der Waals surface area contributed by atoms with Gasteiger partial charge >= 0.3 is 0 Å². The Morgan fingerprint density at radius 3 is 2.87 bits per heavy atom. The lowest BCUT2D eigenvalue weighted by Gasteiger charge is -2.17. The van der Waals surface area contributed by atoms with Crippen molar-refractivity contribution in [3.8, 4) is 0 Å². The molecule has 0 aliphatic carbocycles. The van der Waals surface area contributed by atoms with Gasteiger partial charge in [0, 0.05) is 0 Å². The maximum atomic E-state index is 5.80. The second-order valence-corrected chi connectivity index (χ2v) is 3.77. The van der Waals surface area contributed by atoms with E-state index in [2.05, 4.69) is 17.4 Å². The van der Waals surface area contributed by atoms with E-state index in [1.54, 1.807) is 0 Å². The summed E-state index contributed by atoms with van der Waals surface area (Å²) in [7, 11) is 1.94. The Labute approximate surface area is 90.4 Å². The molecule has 1 fully saturated rings. The molecule has 0 radical (unpaired) electrons. The van der Waals surface area contributed by atoms with Gasteiger partial charge < -0.3 is 14.8 Å². The van der Waals surface area contributed by atoms with Crippen LogP contribution in [0.1, 0.15) is 5.56 Å². The molecular weight excluding hydrogens is 190 g/mol. The summed E-state index contributed by atoms with van der Waals surface area (Å²) in [5.74, 6) is 0. The topological polar surface area (TPSA) is 30.5 Å². The van der Waals surface area contributed by atoms with Crippen LogP contribution >= 0.6 is 0 Å². The standard InChI is InChI=1S/C12H17NO2/c1-13-11-8-14-9-12(11)15-7-10-5-3-2-4-6-10/h2-6,11-13H,7-9H2,1H3/t11-,12-/m0/s1. The van der Waals surface area contributed by atoms with Crippen LogP contribution in [0.5, 0.6) is 0 Å². The highest BCUT2D eigenvalue weighted by atomic mass is 16.5. The van der Waals surface area contributed by atoms with Crippen molar-refractivity contribution in [3.63, 3.8) is 0 Å². The van der Waals surface area contributed by atoms with E-state index in [0.717, 1.165) is 6.61 Å². The molecule has 1 aromatic carbocycles. The molecule has 0 bridgehead atoms. The fourth-order valence-electron chi connectivity index (χ4n) is 1.75. The fraction of sp³-hybridized carbons (Fsp3) is 0.500. The lowest BCUT2D eigenvalue weighted by Crippen LogP contribution is -2.37. The van der Waals surface area contributed by atoms with E-state index in [9.17, 15) is 0 Å². The number of benzene rings is 1. The van der Waals surface area contributed by atoms with Crippen LogP contribution in [0.2, 0.25) is 0 Å². The van der Waals surface area contributed by atoms with E-state index in [-0.39, 0.29) is 6.10 Å². The normalized spacial score (nSPS) is 25.7. The highest BCUT2D eigenvalue weighted by Crippen LogP contribution is 2.12. The van der Waals surface area contributed by atoms with Crippen LogP contribution < -0.4 is 5.32 Å². The van der Waals surface area contributed by atoms with Gasteiger partial charge in [0.1, 0.15) is 0 Å². The molecule has 0 amide bonds. The van der Waals surface area contributed by atoms with E-state index in [4.69, 9.17) is 9.47 Å². The first-order valence-corrected chi connectivity index (χ1v) is 5.30. The summed E-state index contributed by atoms with van der Waals surface area (Å²) in [6.07, 6.45) is 0.176. The predicted molar refractivity (Wildman–Crippen MR) is 58.7 cm³/mol. The van der Waals surface area contributed by atoms with Gasteiger partial charge in [0.25, 0.3) is 0 Å². The van der Waals surface area contributed by atoms with Crippen LogP contribution in [0.3, 0.4) is 0 Å². The Hall–Kier alpha value is -0.900. The summed E-state index contributed by atoms with van der Waals surface area (Å²) < 4.78 is 11.2. The van der Waals surface area contributed by atoms with Gasteiger partial charge in [-0.3, -0.25) is 0 Å². The van der Waals surface area contributed by atoms with Gasteiger partial charge in [-0.25, -0.2) is 0 Å².